The van der Waals surface area contributed by atoms with Gasteiger partial charge in [0.1, 0.15) is 12.5 Å². The molecule has 0 fully saturated rings. The molecule has 0 saturated heterocycles. The van der Waals surface area contributed by atoms with E-state index in [4.69, 9.17) is 14.6 Å². The smallest absolute Gasteiger partial charge is 0.146 e. The second-order valence-electron chi connectivity index (χ2n) is 2.86. The highest BCUT2D eigenvalue weighted by atomic mass is 32.2. The second kappa shape index (κ2) is 7.56. The molecule has 0 radical (unpaired) electrons. The number of phenolic OH excluding ortho intramolecular Hbond substituents is 1. The molecule has 0 aliphatic heterocycles. The van der Waals surface area contributed by atoms with E-state index >= 15 is 0 Å². The van der Waals surface area contributed by atoms with Gasteiger partial charge in [0.25, 0.3) is 0 Å². The lowest BCUT2D eigenvalue weighted by Gasteiger charge is -2.04. The molecule has 0 atom stereocenters. The molecule has 0 aliphatic carbocycles. The number of aromatic hydroxyl groups is 1. The van der Waals surface area contributed by atoms with Crippen molar-refractivity contribution in [2.75, 3.05) is 25.8 Å². The molecule has 0 bridgehead atoms. The molecular formula is C11H16O3S. The van der Waals surface area contributed by atoms with E-state index in [0.29, 0.717) is 25.8 Å². The van der Waals surface area contributed by atoms with Gasteiger partial charge < -0.3 is 14.6 Å². The van der Waals surface area contributed by atoms with Crippen molar-refractivity contribution in [1.82, 2.24) is 0 Å². The van der Waals surface area contributed by atoms with Gasteiger partial charge in [0.2, 0.25) is 0 Å². The Labute approximate surface area is 94.4 Å². The summed E-state index contributed by atoms with van der Waals surface area (Å²) in [5, 5.41) is 9.07. The van der Waals surface area contributed by atoms with Crippen LogP contribution in [0.3, 0.4) is 0 Å². The first-order valence-electron chi connectivity index (χ1n) is 4.90. The van der Waals surface area contributed by atoms with E-state index in [1.54, 1.807) is 23.9 Å². The third-order valence-electron chi connectivity index (χ3n) is 1.70. The molecular weight excluding hydrogens is 212 g/mol. The summed E-state index contributed by atoms with van der Waals surface area (Å²) < 4.78 is 10.3. The number of hydrogen-bond acceptors (Lipinski definition) is 4. The zero-order valence-electron chi connectivity index (χ0n) is 8.81. The van der Waals surface area contributed by atoms with Crippen LogP contribution in [0.15, 0.2) is 29.2 Å². The standard InChI is InChI=1S/C11H16O3S/c1-2-13-9-14-7-8-15-11-5-3-10(12)4-6-11/h3-6,12H,2,7-9H2,1H3. The lowest BCUT2D eigenvalue weighted by atomic mass is 10.3. The predicted octanol–water partition coefficient (Wildman–Crippen LogP) is 2.49. The molecule has 0 aromatic heterocycles. The minimum Gasteiger partial charge on any atom is -0.508 e. The molecule has 0 spiro atoms. The van der Waals surface area contributed by atoms with Gasteiger partial charge in [-0.1, -0.05) is 0 Å². The van der Waals surface area contributed by atoms with Crippen molar-refractivity contribution in [2.24, 2.45) is 0 Å². The van der Waals surface area contributed by atoms with Crippen LogP contribution in [0.1, 0.15) is 6.92 Å². The van der Waals surface area contributed by atoms with Gasteiger partial charge in [0.15, 0.2) is 0 Å². The summed E-state index contributed by atoms with van der Waals surface area (Å²) >= 11 is 1.70. The number of thioether (sulfide) groups is 1. The minimum atomic E-state index is 0.298. The van der Waals surface area contributed by atoms with E-state index in [2.05, 4.69) is 0 Å². The number of benzene rings is 1. The van der Waals surface area contributed by atoms with Crippen LogP contribution < -0.4 is 0 Å². The summed E-state index contributed by atoms with van der Waals surface area (Å²) in [6.07, 6.45) is 0. The molecule has 15 heavy (non-hydrogen) atoms. The van der Waals surface area contributed by atoms with Crippen molar-refractivity contribution in [3.8, 4) is 5.75 Å². The largest absolute Gasteiger partial charge is 0.508 e. The monoisotopic (exact) mass is 228 g/mol. The van der Waals surface area contributed by atoms with Crippen molar-refractivity contribution in [3.05, 3.63) is 24.3 Å². The van der Waals surface area contributed by atoms with E-state index in [-0.39, 0.29) is 0 Å². The summed E-state index contributed by atoms with van der Waals surface area (Å²) in [7, 11) is 0. The Morgan fingerprint density at radius 2 is 1.93 bits per heavy atom. The zero-order valence-corrected chi connectivity index (χ0v) is 9.63. The summed E-state index contributed by atoms with van der Waals surface area (Å²) in [5.74, 6) is 1.18. The first-order valence-corrected chi connectivity index (χ1v) is 5.89. The van der Waals surface area contributed by atoms with Crippen LogP contribution >= 0.6 is 11.8 Å². The fourth-order valence-corrected chi connectivity index (χ4v) is 1.73. The van der Waals surface area contributed by atoms with E-state index in [1.807, 2.05) is 19.1 Å². The van der Waals surface area contributed by atoms with Crippen LogP contribution in [0.4, 0.5) is 0 Å². The van der Waals surface area contributed by atoms with Gasteiger partial charge in [-0.3, -0.25) is 0 Å². The van der Waals surface area contributed by atoms with Gasteiger partial charge in [-0.05, 0) is 31.2 Å². The summed E-state index contributed by atoms with van der Waals surface area (Å²) in [6.45, 7) is 3.66. The molecule has 3 nitrogen and oxygen atoms in total. The number of phenols is 1. The Balaban J connectivity index is 2.07. The number of hydrogen-bond donors (Lipinski definition) is 1. The highest BCUT2D eigenvalue weighted by molar-refractivity contribution is 7.99. The van der Waals surface area contributed by atoms with Crippen LogP contribution in [-0.4, -0.2) is 30.9 Å². The number of rotatable bonds is 7. The van der Waals surface area contributed by atoms with Gasteiger partial charge in [-0.15, -0.1) is 11.8 Å². The maximum Gasteiger partial charge on any atom is 0.146 e. The molecule has 0 saturated carbocycles. The van der Waals surface area contributed by atoms with Gasteiger partial charge >= 0.3 is 0 Å². The van der Waals surface area contributed by atoms with Crippen molar-refractivity contribution >= 4 is 11.8 Å². The maximum absolute atomic E-state index is 9.07. The first kappa shape index (κ1) is 12.4. The highest BCUT2D eigenvalue weighted by Gasteiger charge is 1.94. The minimum absolute atomic E-state index is 0.298. The Bertz CT molecular complexity index is 261. The average molecular weight is 228 g/mol. The lowest BCUT2D eigenvalue weighted by molar-refractivity contribution is -0.0435. The van der Waals surface area contributed by atoms with Crippen LogP contribution in [0.2, 0.25) is 0 Å². The SMILES string of the molecule is CCOCOCCSc1ccc(O)cc1. The van der Waals surface area contributed by atoms with E-state index < -0.39 is 0 Å². The third kappa shape index (κ3) is 5.67. The second-order valence-corrected chi connectivity index (χ2v) is 4.03. The first-order chi connectivity index (χ1) is 7.33. The summed E-state index contributed by atoms with van der Waals surface area (Å²) in [6, 6.07) is 7.15. The van der Waals surface area contributed by atoms with Crippen LogP contribution in [0, 0.1) is 0 Å². The Kier molecular flexibility index (Phi) is 6.23. The fourth-order valence-electron chi connectivity index (χ4n) is 0.962. The predicted molar refractivity (Wildman–Crippen MR) is 61.3 cm³/mol. The molecule has 0 aliphatic rings. The average Bonchev–Trinajstić information content (AvgIpc) is 2.26. The quantitative estimate of drug-likeness (QED) is 0.442. The fraction of sp³-hybridized carbons (Fsp3) is 0.455. The molecule has 0 amide bonds. The number of ether oxygens (including phenoxy) is 2. The van der Waals surface area contributed by atoms with Gasteiger partial charge in [0, 0.05) is 17.3 Å². The molecule has 0 unspecified atom stereocenters. The van der Waals surface area contributed by atoms with E-state index in [1.165, 1.54) is 0 Å². The Morgan fingerprint density at radius 3 is 2.60 bits per heavy atom. The highest BCUT2D eigenvalue weighted by Crippen LogP contribution is 2.20. The van der Waals surface area contributed by atoms with Crippen LogP contribution in [-0.2, 0) is 9.47 Å². The van der Waals surface area contributed by atoms with Crippen molar-refractivity contribution in [1.29, 1.82) is 0 Å². The van der Waals surface area contributed by atoms with Gasteiger partial charge in [-0.2, -0.15) is 0 Å². The molecule has 4 heteroatoms. The topological polar surface area (TPSA) is 38.7 Å². The van der Waals surface area contributed by atoms with Crippen molar-refractivity contribution in [2.45, 2.75) is 11.8 Å². The normalized spacial score (nSPS) is 10.5. The summed E-state index contributed by atoms with van der Waals surface area (Å²) in [4.78, 5) is 1.13. The van der Waals surface area contributed by atoms with Crippen LogP contribution in [0.5, 0.6) is 5.75 Å². The summed E-state index contributed by atoms with van der Waals surface area (Å²) in [5.41, 5.74) is 0. The van der Waals surface area contributed by atoms with E-state index in [0.717, 1.165) is 10.6 Å². The Morgan fingerprint density at radius 1 is 1.20 bits per heavy atom. The molecule has 84 valence electrons. The molecule has 1 aromatic rings. The Hall–Kier alpha value is -0.710. The van der Waals surface area contributed by atoms with Crippen molar-refractivity contribution in [3.63, 3.8) is 0 Å². The third-order valence-corrected chi connectivity index (χ3v) is 2.68. The maximum atomic E-state index is 9.07. The van der Waals surface area contributed by atoms with Crippen LogP contribution in [0.25, 0.3) is 0 Å². The molecule has 1 N–H and O–H groups in total. The van der Waals surface area contributed by atoms with Crippen molar-refractivity contribution < 1.29 is 14.6 Å². The molecule has 0 heterocycles. The van der Waals surface area contributed by atoms with Gasteiger partial charge in [-0.25, -0.2) is 0 Å². The lowest BCUT2D eigenvalue weighted by Crippen LogP contribution is -2.02. The van der Waals surface area contributed by atoms with E-state index in [9.17, 15) is 0 Å². The molecule has 1 rings (SSSR count). The molecule has 1 aromatic carbocycles. The zero-order chi connectivity index (χ0) is 10.9. The van der Waals surface area contributed by atoms with Gasteiger partial charge in [0.05, 0.1) is 6.61 Å².